The first-order valence-electron chi connectivity index (χ1n) is 26.4. The molecular formula is C57H54O24. The number of aliphatic hydroxyl groups is 3. The minimum atomic E-state index is -1.73. The standard InChI is InChI=1S/C57H54O24/c58-40-34(41(59)71-52(70-40)22-12-4-13-23-52)16-6-1-8-18-36-44(62)74-54(75-45(36)63)26-30-56(31-27-54)78-48(66)38(49(67)79-56)20-10-3-11-21-39-50(68)80-57(81-51(39)69)32-28-55(29-33-57)76-46(64)37(47(65)77-55)19-9-2-7-17-35-42(60)72-53(73-43(35)61)24-14-5-15-25-53/h1-3,6-11,16-21,58,64,66H,4-5,12-15,22-33H2/b7-2+,8-1+,11-3+,16-6+,19-9+,20-10+,36-18?,39-21?. The Kier molecular flexibility index (Phi) is 14.9. The molecule has 0 aromatic heterocycles. The Hall–Kier alpha value is -9.09. The molecule has 0 unspecified atom stereocenters. The van der Waals surface area contributed by atoms with Gasteiger partial charge >= 0.3 is 53.7 Å². The smallest absolute Gasteiger partial charge is 0.348 e. The van der Waals surface area contributed by atoms with Gasteiger partial charge in [0.05, 0.1) is 0 Å². The predicted octanol–water partition coefficient (Wildman–Crippen LogP) is 6.69. The maximum Gasteiger partial charge on any atom is 0.348 e. The number of esters is 9. The van der Waals surface area contributed by atoms with Crippen LogP contribution in [0.3, 0.4) is 0 Å². The summed E-state index contributed by atoms with van der Waals surface area (Å²) in [4.78, 5) is 116. The van der Waals surface area contributed by atoms with Gasteiger partial charge in [0.25, 0.3) is 52.6 Å². The summed E-state index contributed by atoms with van der Waals surface area (Å²) in [7, 11) is 0. The van der Waals surface area contributed by atoms with Gasteiger partial charge in [0, 0.05) is 77.0 Å². The lowest BCUT2D eigenvalue weighted by Gasteiger charge is -2.46. The van der Waals surface area contributed by atoms with Crippen molar-refractivity contribution in [2.45, 2.75) is 150 Å². The van der Waals surface area contributed by atoms with Crippen molar-refractivity contribution in [3.8, 4) is 0 Å². The van der Waals surface area contributed by atoms with E-state index in [2.05, 4.69) is 0 Å². The molecule has 6 spiro atoms. The molecule has 4 saturated carbocycles. The Bertz CT molecular complexity index is 3050. The number of aliphatic hydroxyl groups excluding tert-OH is 3. The zero-order valence-electron chi connectivity index (χ0n) is 43.3. The van der Waals surface area contributed by atoms with Crippen LogP contribution >= 0.6 is 0 Å². The quantitative estimate of drug-likeness (QED) is 0.0712. The Labute approximate surface area is 460 Å². The highest BCUT2D eigenvalue weighted by Gasteiger charge is 2.58. The van der Waals surface area contributed by atoms with Crippen LogP contribution in [-0.4, -0.2) is 104 Å². The first kappa shape index (κ1) is 55.2. The van der Waals surface area contributed by atoms with Crippen LogP contribution in [0.25, 0.3) is 0 Å². The molecule has 6 aliphatic heterocycles. The third-order valence-corrected chi connectivity index (χ3v) is 15.0. The SMILES string of the molecule is O=C1OC2(CCCCC2)OC(=O)C1=C/C=C/C=C/C1=C(O)OC2(CCC3(CC2)OC(=O)C(=C/C=C/C=C/C2=C(O)OC4(CCC5(CC4)OC(=O)C(=C/C=C/C=C/C4=C(O)OC6(CCCCC6)OC4=O)C(=O)O5)OC2=O)C(=O)O3)OC1=O. The third-order valence-electron chi connectivity index (χ3n) is 15.0. The number of hydrogen-bond acceptors (Lipinski definition) is 24. The molecule has 6 heterocycles. The summed E-state index contributed by atoms with van der Waals surface area (Å²) >= 11 is 0. The van der Waals surface area contributed by atoms with Crippen LogP contribution in [0.1, 0.15) is 116 Å². The molecule has 0 amide bonds. The van der Waals surface area contributed by atoms with E-state index in [1.165, 1.54) is 72.9 Å². The Morgan fingerprint density at radius 3 is 0.704 bits per heavy atom. The van der Waals surface area contributed by atoms with E-state index in [4.69, 9.17) is 56.8 Å². The maximum absolute atomic E-state index is 13.1. The van der Waals surface area contributed by atoms with Crippen LogP contribution in [0.2, 0.25) is 0 Å². The lowest BCUT2D eigenvalue weighted by atomic mass is 9.87. The lowest BCUT2D eigenvalue weighted by molar-refractivity contribution is -0.297. The van der Waals surface area contributed by atoms with Gasteiger partial charge in [0.15, 0.2) is 0 Å². The Morgan fingerprint density at radius 1 is 0.247 bits per heavy atom. The van der Waals surface area contributed by atoms with Crippen molar-refractivity contribution in [2.24, 2.45) is 0 Å². The zero-order valence-corrected chi connectivity index (χ0v) is 43.3. The van der Waals surface area contributed by atoms with Crippen LogP contribution < -0.4 is 0 Å². The summed E-state index contributed by atoms with van der Waals surface area (Å²) in [6.45, 7) is 0. The third kappa shape index (κ3) is 11.5. The van der Waals surface area contributed by atoms with Gasteiger partial charge in [-0.15, -0.1) is 0 Å². The molecule has 426 valence electrons. The molecule has 81 heavy (non-hydrogen) atoms. The van der Waals surface area contributed by atoms with Crippen molar-refractivity contribution < 1.29 is 115 Å². The van der Waals surface area contributed by atoms with Crippen LogP contribution in [-0.2, 0) is 100.0 Å². The van der Waals surface area contributed by atoms with E-state index in [9.17, 15) is 58.5 Å². The second-order valence-electron chi connectivity index (χ2n) is 20.5. The van der Waals surface area contributed by atoms with Gasteiger partial charge in [0.2, 0.25) is 0 Å². The molecule has 0 aromatic carbocycles. The molecule has 10 aliphatic rings. The summed E-state index contributed by atoms with van der Waals surface area (Å²) in [5.74, 6) is -19.6. The van der Waals surface area contributed by atoms with Crippen molar-refractivity contribution >= 4 is 53.7 Å². The first-order valence-corrected chi connectivity index (χ1v) is 26.4. The van der Waals surface area contributed by atoms with Gasteiger partial charge in [-0.1, -0.05) is 67.5 Å². The van der Waals surface area contributed by atoms with E-state index in [1.807, 2.05) is 0 Å². The molecule has 4 aliphatic carbocycles. The molecular weight excluding hydrogens is 1070 g/mol. The fourth-order valence-electron chi connectivity index (χ4n) is 10.7. The van der Waals surface area contributed by atoms with E-state index < -0.39 is 117 Å². The molecule has 24 heteroatoms. The molecule has 0 bridgehead atoms. The fraction of sp³-hybridized carbons (Fsp3) is 0.421. The summed E-state index contributed by atoms with van der Waals surface area (Å²) in [5.41, 5.74) is -2.13. The van der Waals surface area contributed by atoms with E-state index in [0.717, 1.165) is 56.8 Å². The van der Waals surface area contributed by atoms with E-state index >= 15 is 0 Å². The number of carbonyl (C=O) groups excluding carboxylic acids is 9. The van der Waals surface area contributed by atoms with Gasteiger partial charge in [0.1, 0.15) is 33.4 Å². The van der Waals surface area contributed by atoms with E-state index in [1.54, 1.807) is 0 Å². The minimum Gasteiger partial charge on any atom is -0.480 e. The second-order valence-corrected chi connectivity index (χ2v) is 20.5. The van der Waals surface area contributed by atoms with Crippen LogP contribution in [0.4, 0.5) is 0 Å². The van der Waals surface area contributed by atoms with Crippen LogP contribution in [0, 0.1) is 0 Å². The molecule has 3 N–H and O–H groups in total. The largest absolute Gasteiger partial charge is 0.480 e. The molecule has 3 saturated heterocycles. The molecule has 0 aromatic rings. The summed E-state index contributed by atoms with van der Waals surface area (Å²) in [6.07, 6.45) is 24.6. The number of rotatable bonds is 9. The van der Waals surface area contributed by atoms with Gasteiger partial charge in [-0.05, 0) is 62.1 Å². The van der Waals surface area contributed by atoms with Gasteiger partial charge in [-0.3, -0.25) is 0 Å². The second kappa shape index (κ2) is 21.9. The number of hydrogen-bond donors (Lipinski definition) is 3. The average Bonchev–Trinajstić information content (AvgIpc) is 3.40. The van der Waals surface area contributed by atoms with Gasteiger partial charge in [-0.2, -0.15) is 0 Å². The minimum absolute atomic E-state index is 0.154. The number of carbonyl (C=O) groups is 9. The Balaban J connectivity index is 0.669. The normalized spacial score (nSPS) is 25.8. The Morgan fingerprint density at radius 2 is 0.457 bits per heavy atom. The molecule has 24 nitrogen and oxygen atoms in total. The van der Waals surface area contributed by atoms with Crippen molar-refractivity contribution in [3.63, 3.8) is 0 Å². The predicted molar refractivity (Wildman–Crippen MR) is 266 cm³/mol. The summed E-state index contributed by atoms with van der Waals surface area (Å²) in [5, 5.41) is 31.9. The van der Waals surface area contributed by atoms with Crippen LogP contribution in [0.5, 0.6) is 0 Å². The van der Waals surface area contributed by atoms with Crippen molar-refractivity contribution in [1.29, 1.82) is 0 Å². The van der Waals surface area contributed by atoms with Crippen molar-refractivity contribution in [2.75, 3.05) is 0 Å². The first-order chi connectivity index (χ1) is 38.8. The maximum atomic E-state index is 13.1. The van der Waals surface area contributed by atoms with Gasteiger partial charge < -0.3 is 72.2 Å². The average molecular weight is 1120 g/mol. The highest BCUT2D eigenvalue weighted by molar-refractivity contribution is 6.17. The highest BCUT2D eigenvalue weighted by atomic mass is 16.8. The highest BCUT2D eigenvalue weighted by Crippen LogP contribution is 2.48. The number of allylic oxidation sites excluding steroid dienone is 12. The van der Waals surface area contributed by atoms with E-state index in [0.29, 0.717) is 25.7 Å². The lowest BCUT2D eigenvalue weighted by Crippen LogP contribution is -2.54. The molecule has 0 atom stereocenters. The summed E-state index contributed by atoms with van der Waals surface area (Å²) in [6, 6.07) is 0. The summed E-state index contributed by atoms with van der Waals surface area (Å²) < 4.78 is 66.6. The topological polar surface area (TPSA) is 325 Å². The van der Waals surface area contributed by atoms with Crippen molar-refractivity contribution in [3.05, 3.63) is 142 Å². The number of ether oxygens (including phenoxy) is 12. The monoisotopic (exact) mass is 1120 g/mol. The molecule has 0 radical (unpaired) electrons. The van der Waals surface area contributed by atoms with Gasteiger partial charge in [-0.25, -0.2) is 43.2 Å². The van der Waals surface area contributed by atoms with E-state index in [-0.39, 0.29) is 73.7 Å². The fourth-order valence-corrected chi connectivity index (χ4v) is 10.7. The zero-order chi connectivity index (χ0) is 57.2. The van der Waals surface area contributed by atoms with Crippen molar-refractivity contribution in [1.82, 2.24) is 0 Å². The molecule has 7 fully saturated rings. The molecule has 10 rings (SSSR count). The van der Waals surface area contributed by atoms with Crippen LogP contribution in [0.15, 0.2) is 142 Å².